The number of aromatic nitrogens is 3. The zero-order chi connectivity index (χ0) is 21.0. The van der Waals surface area contributed by atoms with Crippen LogP contribution in [0.3, 0.4) is 0 Å². The lowest BCUT2D eigenvalue weighted by Gasteiger charge is -2.35. The molecule has 5 rings (SSSR count). The molecule has 0 unspecified atom stereocenters. The third-order valence-corrected chi connectivity index (χ3v) is 5.98. The van der Waals surface area contributed by atoms with Gasteiger partial charge in [0.2, 0.25) is 0 Å². The van der Waals surface area contributed by atoms with Crippen molar-refractivity contribution in [3.63, 3.8) is 0 Å². The number of likely N-dealkylation sites (tertiary alicyclic amines) is 1. The van der Waals surface area contributed by atoms with E-state index in [0.717, 1.165) is 33.4 Å². The maximum absolute atomic E-state index is 12.9. The second kappa shape index (κ2) is 6.63. The fourth-order valence-corrected chi connectivity index (χ4v) is 4.05. The summed E-state index contributed by atoms with van der Waals surface area (Å²) in [5.74, 6) is 1.23. The average molecular weight is 399 g/mol. The van der Waals surface area contributed by atoms with E-state index < -0.39 is 0 Å². The summed E-state index contributed by atoms with van der Waals surface area (Å²) in [6.07, 6.45) is 3.40. The molecule has 0 atom stereocenters. The summed E-state index contributed by atoms with van der Waals surface area (Å²) in [6.45, 7) is 7.01. The minimum atomic E-state index is -0.0738. The van der Waals surface area contributed by atoms with E-state index in [1.54, 1.807) is 21.8 Å². The molecule has 150 valence electrons. The van der Waals surface area contributed by atoms with Gasteiger partial charge in [-0.15, -0.1) is 0 Å². The van der Waals surface area contributed by atoms with Crippen molar-refractivity contribution in [2.45, 2.75) is 20.8 Å². The van der Waals surface area contributed by atoms with Crippen LogP contribution in [0.25, 0.3) is 16.4 Å². The van der Waals surface area contributed by atoms with E-state index in [0.29, 0.717) is 24.4 Å². The van der Waals surface area contributed by atoms with E-state index in [1.807, 2.05) is 31.2 Å². The SMILES string of the molecule is Cc1[nH]c2ccc(Oc3ccnn4cc(C(=O)N5CC(C#N)C5)c(C)c34)cc2c1C. The van der Waals surface area contributed by atoms with Gasteiger partial charge in [0.1, 0.15) is 11.3 Å². The van der Waals surface area contributed by atoms with Crippen LogP contribution in [0.4, 0.5) is 0 Å². The van der Waals surface area contributed by atoms with Crippen LogP contribution in [0.2, 0.25) is 0 Å². The minimum absolute atomic E-state index is 0.0706. The van der Waals surface area contributed by atoms with Gasteiger partial charge in [-0.2, -0.15) is 10.4 Å². The van der Waals surface area contributed by atoms with Crippen molar-refractivity contribution in [1.82, 2.24) is 19.5 Å². The van der Waals surface area contributed by atoms with Crippen LogP contribution in [-0.2, 0) is 0 Å². The maximum Gasteiger partial charge on any atom is 0.255 e. The molecule has 1 saturated heterocycles. The fraction of sp³-hybridized carbons (Fsp3) is 0.261. The van der Waals surface area contributed by atoms with E-state index in [2.05, 4.69) is 30.0 Å². The highest BCUT2D eigenvalue weighted by atomic mass is 16.5. The number of H-pyrrole nitrogens is 1. The van der Waals surface area contributed by atoms with Gasteiger partial charge in [-0.25, -0.2) is 4.52 Å². The number of carbonyl (C=O) groups is 1. The Balaban J connectivity index is 1.51. The van der Waals surface area contributed by atoms with Crippen molar-refractivity contribution in [1.29, 1.82) is 5.26 Å². The fourth-order valence-electron chi connectivity index (χ4n) is 4.05. The van der Waals surface area contributed by atoms with Crippen molar-refractivity contribution in [3.05, 3.63) is 59.0 Å². The van der Waals surface area contributed by atoms with Crippen LogP contribution in [0.1, 0.15) is 27.2 Å². The summed E-state index contributed by atoms with van der Waals surface area (Å²) >= 11 is 0. The third-order valence-electron chi connectivity index (χ3n) is 5.98. The summed E-state index contributed by atoms with van der Waals surface area (Å²) < 4.78 is 7.91. The Morgan fingerprint density at radius 2 is 2.03 bits per heavy atom. The second-order valence-corrected chi connectivity index (χ2v) is 7.88. The number of benzene rings is 1. The predicted octanol–water partition coefficient (Wildman–Crippen LogP) is 4.13. The maximum atomic E-state index is 12.9. The first kappa shape index (κ1) is 18.3. The van der Waals surface area contributed by atoms with Crippen molar-refractivity contribution < 1.29 is 9.53 Å². The molecule has 1 aliphatic rings. The van der Waals surface area contributed by atoms with Gasteiger partial charge in [-0.1, -0.05) is 0 Å². The number of hydrogen-bond acceptors (Lipinski definition) is 4. The summed E-state index contributed by atoms with van der Waals surface area (Å²) in [6, 6.07) is 9.98. The molecule has 0 radical (unpaired) electrons. The number of rotatable bonds is 3. The molecule has 0 saturated carbocycles. The highest BCUT2D eigenvalue weighted by Crippen LogP contribution is 2.33. The standard InChI is InChI=1S/C23H21N5O2/c1-13-15(3)26-20-5-4-17(8-18(13)20)30-21-6-7-25-28-12-19(14(2)22(21)28)23(29)27-10-16(9-24)11-27/h4-8,12,16,26H,10-11H2,1-3H3. The van der Waals surface area contributed by atoms with Gasteiger partial charge in [-0.05, 0) is 50.1 Å². The van der Waals surface area contributed by atoms with Crippen LogP contribution >= 0.6 is 0 Å². The first-order valence-electron chi connectivity index (χ1n) is 9.89. The monoisotopic (exact) mass is 399 g/mol. The highest BCUT2D eigenvalue weighted by molar-refractivity contribution is 5.99. The quantitative estimate of drug-likeness (QED) is 0.561. The number of aryl methyl sites for hydroxylation is 3. The average Bonchev–Trinajstić information content (AvgIpc) is 3.18. The Labute approximate surface area is 173 Å². The molecule has 4 heterocycles. The van der Waals surface area contributed by atoms with Crippen LogP contribution < -0.4 is 4.74 Å². The Kier molecular flexibility index (Phi) is 4.03. The molecule has 1 amide bonds. The highest BCUT2D eigenvalue weighted by Gasteiger charge is 2.32. The smallest absolute Gasteiger partial charge is 0.255 e. The molecule has 1 aliphatic heterocycles. The zero-order valence-electron chi connectivity index (χ0n) is 17.1. The van der Waals surface area contributed by atoms with Crippen LogP contribution in [0.15, 0.2) is 36.7 Å². The predicted molar refractivity (Wildman–Crippen MR) is 113 cm³/mol. The van der Waals surface area contributed by atoms with E-state index in [4.69, 9.17) is 10.00 Å². The Bertz CT molecular complexity index is 1350. The molecule has 0 spiro atoms. The lowest BCUT2D eigenvalue weighted by atomic mass is 10.0. The van der Waals surface area contributed by atoms with Gasteiger partial charge in [0.05, 0.1) is 23.7 Å². The first-order chi connectivity index (χ1) is 14.5. The van der Waals surface area contributed by atoms with Gasteiger partial charge in [0.15, 0.2) is 5.75 Å². The number of carbonyl (C=O) groups excluding carboxylic acids is 1. The summed E-state index contributed by atoms with van der Waals surface area (Å²) in [5.41, 5.74) is 5.59. The van der Waals surface area contributed by atoms with Crippen LogP contribution in [0.5, 0.6) is 11.5 Å². The molecular weight excluding hydrogens is 378 g/mol. The molecule has 30 heavy (non-hydrogen) atoms. The van der Waals surface area contributed by atoms with Crippen molar-refractivity contribution >= 4 is 22.3 Å². The van der Waals surface area contributed by atoms with E-state index >= 15 is 0 Å². The normalized spacial score (nSPS) is 14.1. The third kappa shape index (κ3) is 2.72. The topological polar surface area (TPSA) is 86.4 Å². The largest absolute Gasteiger partial charge is 0.455 e. The van der Waals surface area contributed by atoms with Gasteiger partial charge in [0, 0.05) is 41.9 Å². The van der Waals surface area contributed by atoms with Gasteiger partial charge >= 0.3 is 0 Å². The van der Waals surface area contributed by atoms with Crippen molar-refractivity contribution in [2.75, 3.05) is 13.1 Å². The number of nitrogens with zero attached hydrogens (tertiary/aromatic N) is 4. The number of nitriles is 1. The van der Waals surface area contributed by atoms with Crippen LogP contribution in [-0.4, -0.2) is 38.5 Å². The zero-order valence-corrected chi connectivity index (χ0v) is 17.1. The molecule has 1 N–H and O–H groups in total. The Hall–Kier alpha value is -3.79. The molecule has 1 fully saturated rings. The molecular formula is C23H21N5O2. The molecule has 1 aromatic carbocycles. The second-order valence-electron chi connectivity index (χ2n) is 7.88. The first-order valence-corrected chi connectivity index (χ1v) is 9.89. The molecule has 7 heteroatoms. The molecule has 7 nitrogen and oxygen atoms in total. The van der Waals surface area contributed by atoms with E-state index in [9.17, 15) is 4.79 Å². The van der Waals surface area contributed by atoms with Gasteiger partial charge in [0.25, 0.3) is 5.91 Å². The van der Waals surface area contributed by atoms with Crippen molar-refractivity contribution in [3.8, 4) is 17.6 Å². The molecule has 0 bridgehead atoms. The Morgan fingerprint density at radius 1 is 1.23 bits per heavy atom. The Morgan fingerprint density at radius 3 is 2.80 bits per heavy atom. The lowest BCUT2D eigenvalue weighted by molar-refractivity contribution is 0.0576. The molecule has 3 aromatic heterocycles. The van der Waals surface area contributed by atoms with Gasteiger partial charge < -0.3 is 14.6 Å². The number of nitrogens with one attached hydrogen (secondary N) is 1. The number of aromatic amines is 1. The minimum Gasteiger partial charge on any atom is -0.455 e. The number of hydrogen-bond donors (Lipinski definition) is 1. The number of ether oxygens (including phenoxy) is 1. The molecule has 0 aliphatic carbocycles. The summed E-state index contributed by atoms with van der Waals surface area (Å²) in [4.78, 5) is 17.9. The summed E-state index contributed by atoms with van der Waals surface area (Å²) in [7, 11) is 0. The summed E-state index contributed by atoms with van der Waals surface area (Å²) in [5, 5.41) is 14.5. The van der Waals surface area contributed by atoms with Crippen LogP contribution in [0, 0.1) is 38.0 Å². The molecule has 4 aromatic rings. The van der Waals surface area contributed by atoms with Crippen molar-refractivity contribution in [2.24, 2.45) is 5.92 Å². The van der Waals surface area contributed by atoms with Gasteiger partial charge in [-0.3, -0.25) is 4.79 Å². The number of fused-ring (bicyclic) bond motifs is 2. The van der Waals surface area contributed by atoms with E-state index in [1.165, 1.54) is 5.56 Å². The number of amides is 1. The van der Waals surface area contributed by atoms with E-state index in [-0.39, 0.29) is 11.8 Å². The lowest BCUT2D eigenvalue weighted by Crippen LogP contribution is -2.49.